The second kappa shape index (κ2) is 4.04. The van der Waals surface area contributed by atoms with Crippen molar-refractivity contribution < 1.29 is 0 Å². The maximum Gasteiger partial charge on any atom is 0.229 e. The molecule has 1 aromatic heterocycles. The largest absolute Gasteiger partial charge is 0.368 e. The predicted octanol–water partition coefficient (Wildman–Crippen LogP) is 0.969. The normalized spacial score (nSPS) is 27.1. The maximum absolute atomic E-state index is 5.53. The minimum absolute atomic E-state index is 0.117. The summed E-state index contributed by atoms with van der Waals surface area (Å²) in [5.74, 6) is 0.939. The van der Waals surface area contributed by atoms with Gasteiger partial charge in [0.05, 0.1) is 5.54 Å². The Morgan fingerprint density at radius 3 is 2.41 bits per heavy atom. The zero-order valence-corrected chi connectivity index (χ0v) is 9.88. The molecule has 6 nitrogen and oxygen atoms in total. The van der Waals surface area contributed by atoms with Crippen LogP contribution >= 0.6 is 0 Å². The lowest BCUT2D eigenvalue weighted by atomic mass is 9.84. The topological polar surface area (TPSA) is 103 Å². The quantitative estimate of drug-likeness (QED) is 0.702. The van der Waals surface area contributed by atoms with Gasteiger partial charge in [0.1, 0.15) is 0 Å². The lowest BCUT2D eigenvalue weighted by molar-refractivity contribution is 0.489. The number of allylic oxidation sites excluding steroid dienone is 2. The third-order valence-corrected chi connectivity index (χ3v) is 2.95. The first kappa shape index (κ1) is 11.4. The fourth-order valence-corrected chi connectivity index (χ4v) is 1.70. The molecule has 0 aromatic carbocycles. The molecule has 0 radical (unpaired) electrons. The molecule has 1 heterocycles. The van der Waals surface area contributed by atoms with E-state index >= 15 is 0 Å². The summed E-state index contributed by atoms with van der Waals surface area (Å²) in [4.78, 5) is 11.8. The van der Waals surface area contributed by atoms with Gasteiger partial charge in [0.25, 0.3) is 0 Å². The Hall–Kier alpha value is -2.11. The van der Waals surface area contributed by atoms with Gasteiger partial charge in [-0.1, -0.05) is 31.2 Å². The molecule has 1 aliphatic rings. The molecule has 1 aromatic rings. The van der Waals surface area contributed by atoms with Gasteiger partial charge in [-0.2, -0.15) is 15.0 Å². The van der Waals surface area contributed by atoms with Gasteiger partial charge in [-0.15, -0.1) is 0 Å². The molecule has 1 aliphatic carbocycles. The van der Waals surface area contributed by atoms with Crippen LogP contribution in [0.2, 0.25) is 0 Å². The van der Waals surface area contributed by atoms with Crippen LogP contribution in [0, 0.1) is 5.92 Å². The van der Waals surface area contributed by atoms with E-state index in [0.29, 0.717) is 11.9 Å². The molecular weight excluding hydrogens is 216 g/mol. The van der Waals surface area contributed by atoms with Gasteiger partial charge in [0, 0.05) is 5.92 Å². The lowest BCUT2D eigenvalue weighted by Gasteiger charge is -2.33. The number of aromatic nitrogens is 3. The number of nitrogen functional groups attached to an aromatic ring is 2. The molecule has 2 atom stereocenters. The van der Waals surface area contributed by atoms with Crippen LogP contribution in [0.25, 0.3) is 0 Å². The molecule has 0 saturated carbocycles. The smallest absolute Gasteiger partial charge is 0.229 e. The average molecular weight is 232 g/mol. The van der Waals surface area contributed by atoms with Crippen LogP contribution in [0.3, 0.4) is 0 Å². The lowest BCUT2D eigenvalue weighted by Crippen LogP contribution is -2.40. The molecule has 0 saturated heterocycles. The van der Waals surface area contributed by atoms with Crippen molar-refractivity contribution >= 4 is 17.8 Å². The summed E-state index contributed by atoms with van der Waals surface area (Å²) in [6, 6.07) is 0. The highest BCUT2D eigenvalue weighted by Crippen LogP contribution is 2.27. The summed E-state index contributed by atoms with van der Waals surface area (Å²) in [6.07, 6.45) is 8.18. The van der Waals surface area contributed by atoms with Gasteiger partial charge < -0.3 is 16.8 Å². The standard InChI is InChI=1S/C11H16N6/c1-7-5-3-4-6-11(7,2)17-10-15-8(12)14-9(13)16-10/h3-7H,1-2H3,(H5,12,13,14,15,16,17). The molecule has 17 heavy (non-hydrogen) atoms. The fourth-order valence-electron chi connectivity index (χ4n) is 1.70. The van der Waals surface area contributed by atoms with Crippen molar-refractivity contribution in [1.29, 1.82) is 0 Å². The van der Waals surface area contributed by atoms with Crippen LogP contribution in [0.15, 0.2) is 24.3 Å². The van der Waals surface area contributed by atoms with Crippen LogP contribution < -0.4 is 16.8 Å². The van der Waals surface area contributed by atoms with Crippen LogP contribution in [-0.2, 0) is 0 Å². The van der Waals surface area contributed by atoms with Crippen molar-refractivity contribution in [3.05, 3.63) is 24.3 Å². The predicted molar refractivity (Wildman–Crippen MR) is 68.1 cm³/mol. The van der Waals surface area contributed by atoms with Crippen LogP contribution in [0.1, 0.15) is 13.8 Å². The second-order valence-electron chi connectivity index (χ2n) is 4.32. The van der Waals surface area contributed by atoms with Crippen LogP contribution in [-0.4, -0.2) is 20.5 Å². The van der Waals surface area contributed by atoms with E-state index in [4.69, 9.17) is 11.5 Å². The van der Waals surface area contributed by atoms with E-state index in [1.54, 1.807) is 0 Å². The van der Waals surface area contributed by atoms with Gasteiger partial charge in [-0.05, 0) is 6.92 Å². The van der Waals surface area contributed by atoms with Crippen molar-refractivity contribution in [1.82, 2.24) is 15.0 Å². The van der Waals surface area contributed by atoms with E-state index in [2.05, 4.69) is 46.3 Å². The number of anilines is 3. The van der Waals surface area contributed by atoms with E-state index in [9.17, 15) is 0 Å². The highest BCUT2D eigenvalue weighted by molar-refractivity contribution is 5.42. The molecule has 0 amide bonds. The highest BCUT2D eigenvalue weighted by Gasteiger charge is 2.29. The number of nitrogens with zero attached hydrogens (tertiary/aromatic N) is 3. The Morgan fingerprint density at radius 1 is 1.18 bits per heavy atom. The van der Waals surface area contributed by atoms with Gasteiger partial charge in [-0.3, -0.25) is 0 Å². The molecule has 6 heteroatoms. The number of rotatable bonds is 2. The van der Waals surface area contributed by atoms with Crippen molar-refractivity contribution in [2.75, 3.05) is 16.8 Å². The Bertz CT molecular complexity index is 461. The van der Waals surface area contributed by atoms with E-state index in [1.165, 1.54) is 0 Å². The fraction of sp³-hybridized carbons (Fsp3) is 0.364. The van der Waals surface area contributed by atoms with Crippen molar-refractivity contribution in [2.45, 2.75) is 19.4 Å². The summed E-state index contributed by atoms with van der Waals surface area (Å²) in [5.41, 5.74) is 10.8. The van der Waals surface area contributed by atoms with Crippen molar-refractivity contribution in [3.63, 3.8) is 0 Å². The van der Waals surface area contributed by atoms with Crippen molar-refractivity contribution in [2.24, 2.45) is 5.92 Å². The van der Waals surface area contributed by atoms with Gasteiger partial charge in [0.2, 0.25) is 17.8 Å². The third-order valence-electron chi connectivity index (χ3n) is 2.95. The first-order chi connectivity index (χ1) is 7.99. The third kappa shape index (κ3) is 2.35. The minimum atomic E-state index is -0.255. The highest BCUT2D eigenvalue weighted by atomic mass is 15.2. The first-order valence-electron chi connectivity index (χ1n) is 5.41. The first-order valence-corrected chi connectivity index (χ1v) is 5.41. The van der Waals surface area contributed by atoms with Gasteiger partial charge in [0.15, 0.2) is 0 Å². The van der Waals surface area contributed by atoms with E-state index < -0.39 is 0 Å². The van der Waals surface area contributed by atoms with Gasteiger partial charge in [-0.25, -0.2) is 0 Å². The second-order valence-corrected chi connectivity index (χ2v) is 4.32. The van der Waals surface area contributed by atoms with E-state index in [1.807, 2.05) is 12.2 Å². The zero-order chi connectivity index (χ0) is 12.5. The molecule has 90 valence electrons. The Balaban J connectivity index is 2.25. The SMILES string of the molecule is CC1C=CC=CC1(C)Nc1nc(N)nc(N)n1. The Kier molecular flexibility index (Phi) is 2.71. The van der Waals surface area contributed by atoms with Gasteiger partial charge >= 0.3 is 0 Å². The van der Waals surface area contributed by atoms with Crippen molar-refractivity contribution in [3.8, 4) is 0 Å². The number of nitrogens with two attached hydrogens (primary N) is 2. The monoisotopic (exact) mass is 232 g/mol. The van der Waals surface area contributed by atoms with E-state index in [-0.39, 0.29) is 17.4 Å². The maximum atomic E-state index is 5.53. The molecule has 0 aliphatic heterocycles. The molecule has 0 fully saturated rings. The Morgan fingerprint density at radius 2 is 1.82 bits per heavy atom. The molecule has 2 rings (SSSR count). The number of nitrogens with one attached hydrogen (secondary N) is 1. The summed E-state index contributed by atoms with van der Waals surface area (Å²) >= 11 is 0. The summed E-state index contributed by atoms with van der Waals surface area (Å²) in [5, 5.41) is 3.23. The van der Waals surface area contributed by atoms with E-state index in [0.717, 1.165) is 0 Å². The summed E-state index contributed by atoms with van der Waals surface area (Å²) < 4.78 is 0. The van der Waals surface area contributed by atoms with Crippen LogP contribution in [0.4, 0.5) is 17.8 Å². The summed E-state index contributed by atoms with van der Waals surface area (Å²) in [7, 11) is 0. The molecule has 0 spiro atoms. The number of hydrogen-bond acceptors (Lipinski definition) is 6. The average Bonchev–Trinajstić information content (AvgIpc) is 2.21. The molecular formula is C11H16N6. The minimum Gasteiger partial charge on any atom is -0.368 e. The zero-order valence-electron chi connectivity index (χ0n) is 9.88. The summed E-state index contributed by atoms with van der Waals surface area (Å²) in [6.45, 7) is 4.18. The molecule has 5 N–H and O–H groups in total. The Labute approximate surface area is 99.9 Å². The number of hydrogen-bond donors (Lipinski definition) is 3. The molecule has 2 unspecified atom stereocenters. The molecule has 0 bridgehead atoms. The van der Waals surface area contributed by atoms with Crippen LogP contribution in [0.5, 0.6) is 0 Å².